The van der Waals surface area contributed by atoms with Crippen LogP contribution in [0.15, 0.2) is 60.8 Å². The molecule has 3 aromatic rings. The zero-order chi connectivity index (χ0) is 20.4. The number of carbonyl (C=O) groups is 1. The van der Waals surface area contributed by atoms with Crippen LogP contribution in [-0.2, 0) is 6.42 Å². The number of fused-ring (bicyclic) bond motifs is 1. The zero-order valence-electron chi connectivity index (χ0n) is 15.1. The molecule has 3 rings (SSSR count). The van der Waals surface area contributed by atoms with Crippen LogP contribution in [0, 0.1) is 0 Å². The second-order valence-electron chi connectivity index (χ2n) is 7.03. The summed E-state index contributed by atoms with van der Waals surface area (Å²) in [6.07, 6.45) is -4.17. The molecule has 0 saturated heterocycles. The van der Waals surface area contributed by atoms with E-state index in [4.69, 9.17) is 11.6 Å². The van der Waals surface area contributed by atoms with Crippen molar-refractivity contribution in [2.45, 2.75) is 31.5 Å². The first-order valence-electron chi connectivity index (χ1n) is 8.62. The topological polar surface area (TPSA) is 42.0 Å². The molecule has 28 heavy (non-hydrogen) atoms. The number of hydrogen-bond donors (Lipinski definition) is 1. The molecule has 1 heterocycles. The molecule has 0 aliphatic heterocycles. The Morgan fingerprint density at radius 1 is 1.11 bits per heavy atom. The minimum absolute atomic E-state index is 0.0475. The molecule has 3 nitrogen and oxygen atoms in total. The summed E-state index contributed by atoms with van der Waals surface area (Å²) in [4.78, 5) is 16.9. The van der Waals surface area contributed by atoms with E-state index in [-0.39, 0.29) is 12.0 Å². The lowest BCUT2D eigenvalue weighted by Crippen LogP contribution is -2.50. The Morgan fingerprint density at radius 2 is 1.82 bits per heavy atom. The fraction of sp³-hybridized carbons (Fsp3) is 0.238. The SMILES string of the molecule is CC(Cc1ccccc1)(CC(F)(F)F)NC(=O)c1cnc2ccc(Cl)cc2c1. The number of rotatable bonds is 5. The first-order chi connectivity index (χ1) is 13.1. The van der Waals surface area contributed by atoms with Crippen molar-refractivity contribution < 1.29 is 18.0 Å². The lowest BCUT2D eigenvalue weighted by molar-refractivity contribution is -0.147. The monoisotopic (exact) mass is 406 g/mol. The van der Waals surface area contributed by atoms with Crippen LogP contribution < -0.4 is 5.32 Å². The predicted molar refractivity (Wildman–Crippen MR) is 103 cm³/mol. The summed E-state index contributed by atoms with van der Waals surface area (Å²) < 4.78 is 39.5. The van der Waals surface area contributed by atoms with Gasteiger partial charge < -0.3 is 5.32 Å². The van der Waals surface area contributed by atoms with Gasteiger partial charge in [-0.2, -0.15) is 13.2 Å². The summed E-state index contributed by atoms with van der Waals surface area (Å²) in [6.45, 7) is 1.40. The van der Waals surface area contributed by atoms with Crippen LogP contribution in [-0.4, -0.2) is 22.6 Å². The number of amides is 1. The average molecular weight is 407 g/mol. The van der Waals surface area contributed by atoms with Crippen molar-refractivity contribution in [2.24, 2.45) is 0 Å². The van der Waals surface area contributed by atoms with Crippen LogP contribution >= 0.6 is 11.6 Å². The van der Waals surface area contributed by atoms with Gasteiger partial charge >= 0.3 is 6.18 Å². The second-order valence-corrected chi connectivity index (χ2v) is 7.47. The molecule has 1 aromatic heterocycles. The van der Waals surface area contributed by atoms with Gasteiger partial charge in [-0.25, -0.2) is 0 Å². The highest BCUT2D eigenvalue weighted by Crippen LogP contribution is 2.30. The van der Waals surface area contributed by atoms with E-state index in [1.165, 1.54) is 13.1 Å². The molecule has 1 unspecified atom stereocenters. The zero-order valence-corrected chi connectivity index (χ0v) is 15.8. The number of halogens is 4. The molecular formula is C21H18ClF3N2O. The molecule has 1 N–H and O–H groups in total. The molecule has 7 heteroatoms. The Balaban J connectivity index is 1.88. The number of benzene rings is 2. The van der Waals surface area contributed by atoms with Crippen molar-refractivity contribution in [3.8, 4) is 0 Å². The maximum Gasteiger partial charge on any atom is 0.391 e. The standard InChI is InChI=1S/C21H18ClF3N2O/c1-20(13-21(23,24)25,11-14-5-3-2-4-6-14)27-19(28)16-9-15-10-17(22)7-8-18(15)26-12-16/h2-10,12H,11,13H2,1H3,(H,27,28). The minimum atomic E-state index is -4.42. The maximum absolute atomic E-state index is 13.2. The summed E-state index contributed by atoms with van der Waals surface area (Å²) in [5.74, 6) is -0.614. The van der Waals surface area contributed by atoms with E-state index in [1.54, 1.807) is 54.6 Å². The number of nitrogens with one attached hydrogen (secondary N) is 1. The Labute approximate surface area is 165 Å². The Bertz CT molecular complexity index is 992. The number of aromatic nitrogens is 1. The quantitative estimate of drug-likeness (QED) is 0.601. The van der Waals surface area contributed by atoms with E-state index in [1.807, 2.05) is 0 Å². The van der Waals surface area contributed by atoms with E-state index < -0.39 is 24.0 Å². The van der Waals surface area contributed by atoms with Gasteiger partial charge in [0.25, 0.3) is 5.91 Å². The van der Waals surface area contributed by atoms with Crippen LogP contribution in [0.4, 0.5) is 13.2 Å². The summed E-state index contributed by atoms with van der Waals surface area (Å²) in [5.41, 5.74) is 0.0254. The van der Waals surface area contributed by atoms with Crippen molar-refractivity contribution in [3.05, 3.63) is 76.9 Å². The highest BCUT2D eigenvalue weighted by molar-refractivity contribution is 6.31. The molecule has 0 fully saturated rings. The molecule has 2 aromatic carbocycles. The Kier molecular flexibility index (Phi) is 5.61. The third-order valence-electron chi connectivity index (χ3n) is 4.35. The van der Waals surface area contributed by atoms with Gasteiger partial charge in [0.15, 0.2) is 0 Å². The number of pyridine rings is 1. The number of nitrogens with zero attached hydrogens (tertiary/aromatic N) is 1. The Morgan fingerprint density at radius 3 is 2.50 bits per heavy atom. The normalized spacial score (nSPS) is 13.9. The smallest absolute Gasteiger partial charge is 0.346 e. The molecule has 0 radical (unpaired) electrons. The third-order valence-corrected chi connectivity index (χ3v) is 4.58. The van der Waals surface area contributed by atoms with Crippen molar-refractivity contribution >= 4 is 28.4 Å². The first kappa shape index (κ1) is 20.1. The average Bonchev–Trinajstić information content (AvgIpc) is 2.59. The van der Waals surface area contributed by atoms with Gasteiger partial charge in [-0.1, -0.05) is 41.9 Å². The van der Waals surface area contributed by atoms with E-state index >= 15 is 0 Å². The molecular weight excluding hydrogens is 389 g/mol. The summed E-state index contributed by atoms with van der Waals surface area (Å²) in [6, 6.07) is 15.4. The molecule has 146 valence electrons. The van der Waals surface area contributed by atoms with Gasteiger partial charge in [0, 0.05) is 16.6 Å². The van der Waals surface area contributed by atoms with Gasteiger partial charge in [0.2, 0.25) is 0 Å². The van der Waals surface area contributed by atoms with Crippen molar-refractivity contribution in [3.63, 3.8) is 0 Å². The fourth-order valence-electron chi connectivity index (χ4n) is 3.21. The molecule has 0 saturated carbocycles. The first-order valence-corrected chi connectivity index (χ1v) is 9.00. The molecule has 0 aliphatic carbocycles. The predicted octanol–water partition coefficient (Wildman–Crippen LogP) is 5.57. The van der Waals surface area contributed by atoms with Crippen LogP contribution in [0.5, 0.6) is 0 Å². The number of alkyl halides is 3. The summed E-state index contributed by atoms with van der Waals surface area (Å²) in [7, 11) is 0. The number of hydrogen-bond acceptors (Lipinski definition) is 2. The van der Waals surface area contributed by atoms with Crippen LogP contribution in [0.1, 0.15) is 29.3 Å². The minimum Gasteiger partial charge on any atom is -0.346 e. The van der Waals surface area contributed by atoms with Gasteiger partial charge in [-0.05, 0) is 43.2 Å². The summed E-state index contributed by atoms with van der Waals surface area (Å²) in [5, 5.41) is 3.69. The Hall–Kier alpha value is -2.60. The van der Waals surface area contributed by atoms with Crippen LogP contribution in [0.25, 0.3) is 10.9 Å². The van der Waals surface area contributed by atoms with Gasteiger partial charge in [0.05, 0.1) is 23.0 Å². The van der Waals surface area contributed by atoms with Gasteiger partial charge in [-0.15, -0.1) is 0 Å². The molecule has 1 amide bonds. The molecule has 1 atom stereocenters. The van der Waals surface area contributed by atoms with Gasteiger partial charge in [0.1, 0.15) is 0 Å². The fourth-order valence-corrected chi connectivity index (χ4v) is 3.39. The van der Waals surface area contributed by atoms with E-state index in [9.17, 15) is 18.0 Å². The highest BCUT2D eigenvalue weighted by atomic mass is 35.5. The largest absolute Gasteiger partial charge is 0.391 e. The van der Waals surface area contributed by atoms with Crippen LogP contribution in [0.2, 0.25) is 5.02 Å². The number of carbonyl (C=O) groups excluding carboxylic acids is 1. The van der Waals surface area contributed by atoms with E-state index in [0.29, 0.717) is 21.5 Å². The third kappa shape index (κ3) is 5.23. The molecule has 0 spiro atoms. The lowest BCUT2D eigenvalue weighted by Gasteiger charge is -2.32. The van der Waals surface area contributed by atoms with E-state index in [2.05, 4.69) is 10.3 Å². The highest BCUT2D eigenvalue weighted by Gasteiger charge is 2.40. The van der Waals surface area contributed by atoms with E-state index in [0.717, 1.165) is 0 Å². The van der Waals surface area contributed by atoms with Crippen molar-refractivity contribution in [1.29, 1.82) is 0 Å². The van der Waals surface area contributed by atoms with Crippen molar-refractivity contribution in [1.82, 2.24) is 10.3 Å². The van der Waals surface area contributed by atoms with Crippen molar-refractivity contribution in [2.75, 3.05) is 0 Å². The van der Waals surface area contributed by atoms with Crippen LogP contribution in [0.3, 0.4) is 0 Å². The molecule has 0 aliphatic rings. The summed E-state index contributed by atoms with van der Waals surface area (Å²) >= 11 is 5.97. The van der Waals surface area contributed by atoms with Gasteiger partial charge in [-0.3, -0.25) is 9.78 Å². The second kappa shape index (κ2) is 7.80. The molecule has 0 bridgehead atoms. The lowest BCUT2D eigenvalue weighted by atomic mass is 9.88. The maximum atomic E-state index is 13.2.